The lowest BCUT2D eigenvalue weighted by atomic mass is 10.2. The lowest BCUT2D eigenvalue weighted by molar-refractivity contribution is 0.102. The second-order valence-electron chi connectivity index (χ2n) is 3.05. The van der Waals surface area contributed by atoms with Gasteiger partial charge in [-0.05, 0) is 29.7 Å². The molecule has 1 amide bonds. The van der Waals surface area contributed by atoms with Crippen molar-refractivity contribution in [2.24, 2.45) is 0 Å². The predicted molar refractivity (Wildman–Crippen MR) is 64.0 cm³/mol. The number of carbonyl (C=O) groups is 1. The first kappa shape index (κ1) is 11.5. The first-order chi connectivity index (χ1) is 8.20. The summed E-state index contributed by atoms with van der Waals surface area (Å²) in [4.78, 5) is 11.7. The van der Waals surface area contributed by atoms with E-state index in [-0.39, 0.29) is 5.69 Å². The Morgan fingerprint density at radius 2 is 2.35 bits per heavy atom. The van der Waals surface area contributed by atoms with Gasteiger partial charge < -0.3 is 5.32 Å². The molecule has 1 heterocycles. The molecule has 0 unspecified atom stereocenters. The van der Waals surface area contributed by atoms with E-state index in [1.54, 1.807) is 6.07 Å². The van der Waals surface area contributed by atoms with Crippen molar-refractivity contribution in [3.8, 4) is 6.07 Å². The van der Waals surface area contributed by atoms with Gasteiger partial charge in [-0.1, -0.05) is 16.1 Å². The Labute approximate surface area is 106 Å². The van der Waals surface area contributed by atoms with Crippen LogP contribution in [0, 0.1) is 11.3 Å². The van der Waals surface area contributed by atoms with Crippen LogP contribution in [0.25, 0.3) is 0 Å². The highest BCUT2D eigenvalue weighted by molar-refractivity contribution is 7.03. The Kier molecular flexibility index (Phi) is 3.32. The van der Waals surface area contributed by atoms with Crippen molar-refractivity contribution in [3.63, 3.8) is 0 Å². The van der Waals surface area contributed by atoms with E-state index in [9.17, 15) is 4.79 Å². The highest BCUT2D eigenvalue weighted by Crippen LogP contribution is 2.20. The van der Waals surface area contributed by atoms with Gasteiger partial charge in [0.05, 0.1) is 11.3 Å². The summed E-state index contributed by atoms with van der Waals surface area (Å²) in [5.41, 5.74) is 0.905. The van der Waals surface area contributed by atoms with Crippen molar-refractivity contribution >= 4 is 34.7 Å². The summed E-state index contributed by atoms with van der Waals surface area (Å²) in [6, 6.07) is 6.60. The molecule has 0 atom stereocenters. The number of amides is 1. The van der Waals surface area contributed by atoms with Gasteiger partial charge in [0.15, 0.2) is 5.69 Å². The lowest BCUT2D eigenvalue weighted by Crippen LogP contribution is -2.13. The SMILES string of the molecule is N#Cc1ccc(Cl)cc1NC(=O)c1csnn1. The van der Waals surface area contributed by atoms with Gasteiger partial charge in [0.2, 0.25) is 0 Å². The number of halogens is 1. The first-order valence-corrected chi connectivity index (χ1v) is 5.70. The summed E-state index contributed by atoms with van der Waals surface area (Å²) in [7, 11) is 0. The normalized spacial score (nSPS) is 9.65. The Morgan fingerprint density at radius 3 is 3.00 bits per heavy atom. The molecule has 1 N–H and O–H groups in total. The number of hydrogen-bond acceptors (Lipinski definition) is 5. The molecule has 5 nitrogen and oxygen atoms in total. The minimum absolute atomic E-state index is 0.207. The maximum atomic E-state index is 11.7. The van der Waals surface area contributed by atoms with Gasteiger partial charge in [-0.3, -0.25) is 4.79 Å². The minimum Gasteiger partial charge on any atom is -0.319 e. The molecule has 0 fully saturated rings. The number of carbonyl (C=O) groups excluding carboxylic acids is 1. The van der Waals surface area contributed by atoms with Crippen LogP contribution in [0.5, 0.6) is 0 Å². The van der Waals surface area contributed by atoms with Crippen LogP contribution in [0.2, 0.25) is 5.02 Å². The van der Waals surface area contributed by atoms with Crippen LogP contribution >= 0.6 is 23.1 Å². The molecule has 1 aromatic carbocycles. The van der Waals surface area contributed by atoms with Gasteiger partial charge in [0, 0.05) is 10.4 Å². The molecular formula is C10H5ClN4OS. The van der Waals surface area contributed by atoms with E-state index in [1.165, 1.54) is 17.5 Å². The number of nitriles is 1. The molecule has 0 aliphatic heterocycles. The predicted octanol–water partition coefficient (Wildman–Crippen LogP) is 2.32. The molecule has 0 saturated carbocycles. The average molecular weight is 265 g/mol. The number of rotatable bonds is 2. The monoisotopic (exact) mass is 264 g/mol. The third-order valence-electron chi connectivity index (χ3n) is 1.94. The Balaban J connectivity index is 2.27. The van der Waals surface area contributed by atoms with Crippen LogP contribution < -0.4 is 5.32 Å². The van der Waals surface area contributed by atoms with Crippen molar-refractivity contribution in [1.82, 2.24) is 9.59 Å². The van der Waals surface area contributed by atoms with Crippen molar-refractivity contribution < 1.29 is 4.79 Å². The summed E-state index contributed by atoms with van der Waals surface area (Å²) in [5.74, 6) is -0.419. The summed E-state index contributed by atoms with van der Waals surface area (Å²) in [6.45, 7) is 0. The summed E-state index contributed by atoms with van der Waals surface area (Å²) in [6.07, 6.45) is 0. The molecule has 0 aliphatic carbocycles. The van der Waals surface area contributed by atoms with Crippen molar-refractivity contribution in [1.29, 1.82) is 5.26 Å². The van der Waals surface area contributed by atoms with E-state index in [2.05, 4.69) is 14.9 Å². The lowest BCUT2D eigenvalue weighted by Gasteiger charge is -2.05. The van der Waals surface area contributed by atoms with E-state index in [0.29, 0.717) is 16.3 Å². The third-order valence-corrected chi connectivity index (χ3v) is 2.68. The molecule has 7 heteroatoms. The van der Waals surface area contributed by atoms with Gasteiger partial charge in [-0.25, -0.2) is 0 Å². The van der Waals surface area contributed by atoms with Gasteiger partial charge in [0.25, 0.3) is 5.91 Å². The largest absolute Gasteiger partial charge is 0.319 e. The summed E-state index contributed by atoms with van der Waals surface area (Å²) >= 11 is 6.87. The van der Waals surface area contributed by atoms with Gasteiger partial charge >= 0.3 is 0 Å². The van der Waals surface area contributed by atoms with Crippen LogP contribution in [0.15, 0.2) is 23.6 Å². The summed E-state index contributed by atoms with van der Waals surface area (Å²) in [5, 5.41) is 17.0. The van der Waals surface area contributed by atoms with Crippen LogP contribution in [-0.4, -0.2) is 15.5 Å². The van der Waals surface area contributed by atoms with E-state index < -0.39 is 5.91 Å². The quantitative estimate of drug-likeness (QED) is 0.903. The smallest absolute Gasteiger partial charge is 0.277 e. The first-order valence-electron chi connectivity index (χ1n) is 4.49. The fourth-order valence-electron chi connectivity index (χ4n) is 1.17. The van der Waals surface area contributed by atoms with E-state index in [0.717, 1.165) is 11.5 Å². The number of aromatic nitrogens is 2. The zero-order chi connectivity index (χ0) is 12.3. The zero-order valence-corrected chi connectivity index (χ0v) is 9.92. The van der Waals surface area contributed by atoms with Gasteiger partial charge in [-0.2, -0.15) is 5.26 Å². The number of nitrogens with one attached hydrogen (secondary N) is 1. The van der Waals surface area contributed by atoms with Crippen LogP contribution in [-0.2, 0) is 0 Å². The zero-order valence-electron chi connectivity index (χ0n) is 8.35. The fraction of sp³-hybridized carbons (Fsp3) is 0. The maximum Gasteiger partial charge on any atom is 0.277 e. The minimum atomic E-state index is -0.419. The Bertz CT molecular complexity index is 591. The molecule has 2 rings (SSSR count). The third kappa shape index (κ3) is 2.58. The fourth-order valence-corrected chi connectivity index (χ4v) is 1.78. The van der Waals surface area contributed by atoms with E-state index in [1.807, 2.05) is 6.07 Å². The molecular weight excluding hydrogens is 260 g/mol. The van der Waals surface area contributed by atoms with Crippen LogP contribution in [0.3, 0.4) is 0 Å². The van der Waals surface area contributed by atoms with Crippen molar-refractivity contribution in [3.05, 3.63) is 39.9 Å². The molecule has 84 valence electrons. The molecule has 0 bridgehead atoms. The second-order valence-corrected chi connectivity index (χ2v) is 4.09. The molecule has 1 aromatic heterocycles. The molecule has 0 aliphatic rings. The van der Waals surface area contributed by atoms with Crippen LogP contribution in [0.1, 0.15) is 16.1 Å². The number of nitrogens with zero attached hydrogens (tertiary/aromatic N) is 3. The van der Waals surface area contributed by atoms with Gasteiger partial charge in [-0.15, -0.1) is 5.10 Å². The highest BCUT2D eigenvalue weighted by Gasteiger charge is 2.11. The molecule has 0 spiro atoms. The maximum absolute atomic E-state index is 11.7. The Hall–Kier alpha value is -1.97. The highest BCUT2D eigenvalue weighted by atomic mass is 35.5. The van der Waals surface area contributed by atoms with Crippen molar-refractivity contribution in [2.45, 2.75) is 0 Å². The van der Waals surface area contributed by atoms with E-state index >= 15 is 0 Å². The van der Waals surface area contributed by atoms with E-state index in [4.69, 9.17) is 16.9 Å². The average Bonchev–Trinajstić information content (AvgIpc) is 2.83. The topological polar surface area (TPSA) is 78.7 Å². The molecule has 17 heavy (non-hydrogen) atoms. The number of benzene rings is 1. The molecule has 0 radical (unpaired) electrons. The molecule has 0 saturated heterocycles. The Morgan fingerprint density at radius 1 is 1.53 bits per heavy atom. The van der Waals surface area contributed by atoms with Crippen LogP contribution in [0.4, 0.5) is 5.69 Å². The second kappa shape index (κ2) is 4.91. The standard InChI is InChI=1S/C10H5ClN4OS/c11-7-2-1-6(4-12)8(3-7)13-10(16)9-5-17-15-14-9/h1-3,5H,(H,13,16). The number of hydrogen-bond donors (Lipinski definition) is 1. The van der Waals surface area contributed by atoms with Gasteiger partial charge in [0.1, 0.15) is 6.07 Å². The molecule has 2 aromatic rings. The number of anilines is 1. The van der Waals surface area contributed by atoms with Crippen molar-refractivity contribution in [2.75, 3.05) is 5.32 Å². The summed E-state index contributed by atoms with van der Waals surface area (Å²) < 4.78 is 3.58.